The molecule has 0 amide bonds. The van der Waals surface area contributed by atoms with Crippen LogP contribution in [0, 0.1) is 5.92 Å². The number of allylic oxidation sites excluding steroid dienone is 1. The molecule has 3 rings (SSSR count). The summed E-state index contributed by atoms with van der Waals surface area (Å²) in [4.78, 5) is 0. The van der Waals surface area contributed by atoms with E-state index in [4.69, 9.17) is 13.6 Å². The standard InChI is InChI=1S/C20H23O4P/c1-17(18-11-5-2-6-12-18)22-25(21,23-19-13-7-3-8-14-19)24-20-15-9-4-10-16-20/h3-4,7-10,13-16,18H,1-2,5-6,11-12H2. The Morgan fingerprint density at radius 3 is 1.80 bits per heavy atom. The van der Waals surface area contributed by atoms with Gasteiger partial charge in [-0.15, -0.1) is 0 Å². The van der Waals surface area contributed by atoms with Gasteiger partial charge in [0.05, 0.1) is 0 Å². The fourth-order valence-corrected chi connectivity index (χ4v) is 4.23. The number of hydrogen-bond acceptors (Lipinski definition) is 4. The maximum Gasteiger partial charge on any atom is 0.646 e. The zero-order chi connectivity index (χ0) is 17.5. The Hall–Kier alpha value is -2.19. The summed E-state index contributed by atoms with van der Waals surface area (Å²) < 4.78 is 30.2. The monoisotopic (exact) mass is 358 g/mol. The Morgan fingerprint density at radius 1 is 0.840 bits per heavy atom. The van der Waals surface area contributed by atoms with Crippen LogP contribution in [0.2, 0.25) is 0 Å². The SMILES string of the molecule is C=C(OP(=O)(Oc1ccccc1)Oc1ccccc1)C1CCCCC1. The molecule has 0 bridgehead atoms. The van der Waals surface area contributed by atoms with Crippen LogP contribution in [0.3, 0.4) is 0 Å². The first-order valence-corrected chi connectivity index (χ1v) is 10.1. The third-order valence-corrected chi connectivity index (χ3v) is 5.54. The number of hydrogen-bond donors (Lipinski definition) is 0. The van der Waals surface area contributed by atoms with Crippen LogP contribution in [-0.4, -0.2) is 0 Å². The van der Waals surface area contributed by atoms with Crippen molar-refractivity contribution in [3.63, 3.8) is 0 Å². The number of phosphoric acid groups is 1. The van der Waals surface area contributed by atoms with E-state index >= 15 is 0 Å². The summed E-state index contributed by atoms with van der Waals surface area (Å²) in [5, 5.41) is 0. The van der Waals surface area contributed by atoms with Crippen molar-refractivity contribution >= 4 is 7.82 Å². The molecular formula is C20H23O4P. The van der Waals surface area contributed by atoms with Gasteiger partial charge in [-0.2, -0.15) is 4.57 Å². The summed E-state index contributed by atoms with van der Waals surface area (Å²) in [6.45, 7) is 3.99. The molecule has 1 saturated carbocycles. The van der Waals surface area contributed by atoms with Crippen molar-refractivity contribution in [1.82, 2.24) is 0 Å². The molecule has 0 N–H and O–H groups in total. The van der Waals surface area contributed by atoms with E-state index in [1.165, 1.54) is 6.42 Å². The number of phosphoric ester groups is 1. The smallest absolute Gasteiger partial charge is 0.391 e. The number of benzene rings is 2. The first kappa shape index (κ1) is 17.6. The lowest BCUT2D eigenvalue weighted by Crippen LogP contribution is -2.13. The van der Waals surface area contributed by atoms with Crippen LogP contribution in [0.1, 0.15) is 32.1 Å². The molecular weight excluding hydrogens is 335 g/mol. The highest BCUT2D eigenvalue weighted by molar-refractivity contribution is 7.49. The Balaban J connectivity index is 1.77. The number of para-hydroxylation sites is 2. The minimum atomic E-state index is -3.89. The molecule has 0 aliphatic heterocycles. The summed E-state index contributed by atoms with van der Waals surface area (Å²) in [5.74, 6) is 1.53. The van der Waals surface area contributed by atoms with Crippen LogP contribution >= 0.6 is 7.82 Å². The fraction of sp³-hybridized carbons (Fsp3) is 0.300. The maximum atomic E-state index is 13.3. The lowest BCUT2D eigenvalue weighted by atomic mass is 9.88. The highest BCUT2D eigenvalue weighted by Gasteiger charge is 2.35. The molecule has 0 saturated heterocycles. The van der Waals surface area contributed by atoms with E-state index in [-0.39, 0.29) is 5.92 Å². The summed E-state index contributed by atoms with van der Waals surface area (Å²) in [6, 6.07) is 17.8. The van der Waals surface area contributed by atoms with Crippen molar-refractivity contribution in [2.24, 2.45) is 5.92 Å². The zero-order valence-electron chi connectivity index (χ0n) is 14.2. The quantitative estimate of drug-likeness (QED) is 0.426. The molecule has 0 atom stereocenters. The van der Waals surface area contributed by atoms with Crippen molar-refractivity contribution in [3.05, 3.63) is 73.0 Å². The Bertz CT molecular complexity index is 678. The van der Waals surface area contributed by atoms with Crippen LogP contribution in [0.15, 0.2) is 73.0 Å². The first-order valence-electron chi connectivity index (χ1n) is 8.62. The topological polar surface area (TPSA) is 44.8 Å². The van der Waals surface area contributed by atoms with E-state index in [1.54, 1.807) is 48.5 Å². The Labute approximate surface area is 149 Å². The highest BCUT2D eigenvalue weighted by Crippen LogP contribution is 2.52. The maximum absolute atomic E-state index is 13.3. The lowest BCUT2D eigenvalue weighted by molar-refractivity contribution is 0.219. The van der Waals surface area contributed by atoms with Crippen LogP contribution in [-0.2, 0) is 9.09 Å². The van der Waals surface area contributed by atoms with Crippen LogP contribution in [0.4, 0.5) is 0 Å². The van der Waals surface area contributed by atoms with Gasteiger partial charge < -0.3 is 13.6 Å². The van der Waals surface area contributed by atoms with Gasteiger partial charge in [0, 0.05) is 5.92 Å². The molecule has 2 aromatic rings. The molecule has 0 heterocycles. The average molecular weight is 358 g/mol. The largest absolute Gasteiger partial charge is 0.646 e. The van der Waals surface area contributed by atoms with Crippen LogP contribution in [0.25, 0.3) is 0 Å². The van der Waals surface area contributed by atoms with Gasteiger partial charge in [0.15, 0.2) is 0 Å². The third-order valence-electron chi connectivity index (χ3n) is 4.21. The molecule has 132 valence electrons. The van der Waals surface area contributed by atoms with Crippen molar-refractivity contribution in [3.8, 4) is 11.5 Å². The third kappa shape index (κ3) is 5.14. The van der Waals surface area contributed by atoms with E-state index in [0.717, 1.165) is 25.7 Å². The summed E-state index contributed by atoms with van der Waals surface area (Å²) in [7, 11) is -3.89. The van der Waals surface area contributed by atoms with Gasteiger partial charge >= 0.3 is 7.82 Å². The molecule has 25 heavy (non-hydrogen) atoms. The van der Waals surface area contributed by atoms with E-state index in [1.807, 2.05) is 12.1 Å². The van der Waals surface area contributed by atoms with Crippen molar-refractivity contribution < 1.29 is 18.1 Å². The lowest BCUT2D eigenvalue weighted by Gasteiger charge is -2.26. The minimum Gasteiger partial charge on any atom is -0.391 e. The van der Waals surface area contributed by atoms with E-state index < -0.39 is 7.82 Å². The Kier molecular flexibility index (Phi) is 5.83. The minimum absolute atomic E-state index is 0.195. The van der Waals surface area contributed by atoms with Gasteiger partial charge in [-0.25, -0.2) is 0 Å². The normalized spacial score (nSPS) is 15.4. The Morgan fingerprint density at radius 2 is 1.32 bits per heavy atom. The van der Waals surface area contributed by atoms with E-state index in [0.29, 0.717) is 17.3 Å². The molecule has 0 spiro atoms. The predicted molar refractivity (Wildman–Crippen MR) is 98.5 cm³/mol. The van der Waals surface area contributed by atoms with Gasteiger partial charge in [0.25, 0.3) is 0 Å². The van der Waals surface area contributed by atoms with Gasteiger partial charge in [-0.05, 0) is 37.1 Å². The summed E-state index contributed by atoms with van der Waals surface area (Å²) in [6.07, 6.45) is 5.49. The molecule has 1 fully saturated rings. The van der Waals surface area contributed by atoms with Crippen molar-refractivity contribution in [2.45, 2.75) is 32.1 Å². The van der Waals surface area contributed by atoms with Gasteiger partial charge in [0.1, 0.15) is 17.3 Å². The second-order valence-electron chi connectivity index (χ2n) is 6.15. The van der Waals surface area contributed by atoms with Gasteiger partial charge in [-0.1, -0.05) is 62.2 Å². The second kappa shape index (κ2) is 8.26. The van der Waals surface area contributed by atoms with E-state index in [9.17, 15) is 4.57 Å². The van der Waals surface area contributed by atoms with Gasteiger partial charge in [-0.3, -0.25) is 0 Å². The summed E-state index contributed by atoms with van der Waals surface area (Å²) in [5.41, 5.74) is 0. The summed E-state index contributed by atoms with van der Waals surface area (Å²) >= 11 is 0. The number of rotatable bonds is 7. The van der Waals surface area contributed by atoms with Crippen LogP contribution in [0.5, 0.6) is 11.5 Å². The molecule has 5 heteroatoms. The van der Waals surface area contributed by atoms with Crippen molar-refractivity contribution in [1.29, 1.82) is 0 Å². The molecule has 1 aliphatic carbocycles. The molecule has 0 radical (unpaired) electrons. The predicted octanol–water partition coefficient (Wildman–Crippen LogP) is 6.36. The molecule has 0 aromatic heterocycles. The zero-order valence-corrected chi connectivity index (χ0v) is 15.1. The highest BCUT2D eigenvalue weighted by atomic mass is 31.2. The molecule has 2 aromatic carbocycles. The molecule has 1 aliphatic rings. The van der Waals surface area contributed by atoms with E-state index in [2.05, 4.69) is 6.58 Å². The van der Waals surface area contributed by atoms with Gasteiger partial charge in [0.2, 0.25) is 0 Å². The first-order chi connectivity index (χ1) is 12.1. The molecule has 0 unspecified atom stereocenters. The fourth-order valence-electron chi connectivity index (χ4n) is 2.92. The molecule has 4 nitrogen and oxygen atoms in total. The average Bonchev–Trinajstić information content (AvgIpc) is 2.64. The second-order valence-corrected chi connectivity index (χ2v) is 7.59. The van der Waals surface area contributed by atoms with Crippen LogP contribution < -0.4 is 9.05 Å². The van der Waals surface area contributed by atoms with Crippen molar-refractivity contribution in [2.75, 3.05) is 0 Å².